The van der Waals surface area contributed by atoms with Crippen LogP contribution in [-0.4, -0.2) is 24.8 Å². The van der Waals surface area contributed by atoms with Gasteiger partial charge < -0.3 is 15.2 Å². The van der Waals surface area contributed by atoms with Crippen LogP contribution in [0.25, 0.3) is 0 Å². The Kier molecular flexibility index (Phi) is 4.23. The Balaban J connectivity index is 1.53. The van der Waals surface area contributed by atoms with E-state index < -0.39 is 6.10 Å². The summed E-state index contributed by atoms with van der Waals surface area (Å²) in [6.07, 6.45) is 1.61. The van der Waals surface area contributed by atoms with Crippen LogP contribution in [0.3, 0.4) is 0 Å². The summed E-state index contributed by atoms with van der Waals surface area (Å²) in [6, 6.07) is 16.6. The monoisotopic (exact) mass is 283 g/mol. The summed E-state index contributed by atoms with van der Waals surface area (Å²) in [5, 5.41) is 13.7. The van der Waals surface area contributed by atoms with Crippen molar-refractivity contribution in [3.63, 3.8) is 0 Å². The van der Waals surface area contributed by atoms with Crippen LogP contribution in [0.5, 0.6) is 5.75 Å². The minimum atomic E-state index is -0.486. The maximum atomic E-state index is 10.3. The maximum absolute atomic E-state index is 10.3. The van der Waals surface area contributed by atoms with Crippen LogP contribution in [0.2, 0.25) is 0 Å². The number of aliphatic hydroxyl groups is 1. The number of methoxy groups -OCH3 is 1. The third kappa shape index (κ3) is 3.26. The first-order chi connectivity index (χ1) is 10.3. The van der Waals surface area contributed by atoms with E-state index in [0.29, 0.717) is 12.6 Å². The van der Waals surface area contributed by atoms with E-state index >= 15 is 0 Å². The molecule has 0 amide bonds. The van der Waals surface area contributed by atoms with Gasteiger partial charge in [-0.05, 0) is 41.7 Å². The molecule has 1 unspecified atom stereocenters. The van der Waals surface area contributed by atoms with E-state index in [9.17, 15) is 5.11 Å². The molecule has 0 fully saturated rings. The summed E-state index contributed by atoms with van der Waals surface area (Å²) in [5.74, 6) is 0.810. The summed E-state index contributed by atoms with van der Waals surface area (Å²) in [6.45, 7) is 0.574. The highest BCUT2D eigenvalue weighted by atomic mass is 16.5. The minimum Gasteiger partial charge on any atom is -0.497 e. The van der Waals surface area contributed by atoms with Gasteiger partial charge in [0.25, 0.3) is 0 Å². The Bertz CT molecular complexity index is 569. The second-order valence-electron chi connectivity index (χ2n) is 5.57. The van der Waals surface area contributed by atoms with Crippen molar-refractivity contribution in [3.8, 4) is 5.75 Å². The summed E-state index contributed by atoms with van der Waals surface area (Å²) in [5.41, 5.74) is 3.77. The summed E-state index contributed by atoms with van der Waals surface area (Å²) in [4.78, 5) is 0. The zero-order valence-corrected chi connectivity index (χ0v) is 12.3. The fourth-order valence-electron chi connectivity index (χ4n) is 2.93. The van der Waals surface area contributed by atoms with Gasteiger partial charge in [0.05, 0.1) is 13.2 Å². The third-order valence-electron chi connectivity index (χ3n) is 4.15. The lowest BCUT2D eigenvalue weighted by molar-refractivity contribution is 0.170. The van der Waals surface area contributed by atoms with E-state index in [-0.39, 0.29) is 0 Å². The highest BCUT2D eigenvalue weighted by Gasteiger charge is 2.21. The van der Waals surface area contributed by atoms with Crippen LogP contribution in [-0.2, 0) is 12.8 Å². The lowest BCUT2D eigenvalue weighted by Crippen LogP contribution is -2.33. The van der Waals surface area contributed by atoms with Crippen molar-refractivity contribution in [1.29, 1.82) is 0 Å². The van der Waals surface area contributed by atoms with Crippen molar-refractivity contribution in [3.05, 3.63) is 65.2 Å². The van der Waals surface area contributed by atoms with Crippen molar-refractivity contribution in [2.75, 3.05) is 13.7 Å². The van der Waals surface area contributed by atoms with Crippen LogP contribution in [0.15, 0.2) is 48.5 Å². The van der Waals surface area contributed by atoms with Crippen LogP contribution in [0.1, 0.15) is 22.8 Å². The Hall–Kier alpha value is -1.84. The average Bonchev–Trinajstić information content (AvgIpc) is 2.95. The topological polar surface area (TPSA) is 41.5 Å². The number of ether oxygens (including phenoxy) is 1. The number of nitrogens with one attached hydrogen (secondary N) is 1. The summed E-state index contributed by atoms with van der Waals surface area (Å²) < 4.78 is 5.13. The van der Waals surface area contributed by atoms with E-state index in [2.05, 4.69) is 29.6 Å². The molecule has 0 bridgehead atoms. The third-order valence-corrected chi connectivity index (χ3v) is 4.15. The second kappa shape index (κ2) is 6.29. The van der Waals surface area contributed by atoms with E-state index in [1.165, 1.54) is 11.1 Å². The number of fused-ring (bicyclic) bond motifs is 1. The van der Waals surface area contributed by atoms with Crippen molar-refractivity contribution >= 4 is 0 Å². The van der Waals surface area contributed by atoms with Gasteiger partial charge in [-0.3, -0.25) is 0 Å². The molecular formula is C18H21NO2. The highest BCUT2D eigenvalue weighted by molar-refractivity contribution is 5.33. The molecule has 1 atom stereocenters. The first-order valence-corrected chi connectivity index (χ1v) is 7.38. The zero-order valence-electron chi connectivity index (χ0n) is 12.3. The van der Waals surface area contributed by atoms with Gasteiger partial charge in [0.2, 0.25) is 0 Å². The molecule has 0 saturated heterocycles. The first-order valence-electron chi connectivity index (χ1n) is 7.38. The molecule has 0 saturated carbocycles. The lowest BCUT2D eigenvalue weighted by Gasteiger charge is -2.16. The molecule has 3 heteroatoms. The summed E-state index contributed by atoms with van der Waals surface area (Å²) in [7, 11) is 1.64. The van der Waals surface area contributed by atoms with Gasteiger partial charge in [-0.15, -0.1) is 0 Å². The number of rotatable bonds is 5. The molecule has 0 aromatic heterocycles. The molecule has 3 rings (SSSR count). The molecule has 2 N–H and O–H groups in total. The molecule has 0 aliphatic heterocycles. The fraction of sp³-hybridized carbons (Fsp3) is 0.333. The minimum absolute atomic E-state index is 0.426. The van der Waals surface area contributed by atoms with Crippen molar-refractivity contribution in [2.45, 2.75) is 25.0 Å². The Labute approximate surface area is 125 Å². The Morgan fingerprint density at radius 3 is 2.29 bits per heavy atom. The molecule has 110 valence electrons. The molecule has 2 aromatic carbocycles. The SMILES string of the molecule is COc1ccc(C(O)CNC2Cc3ccccc3C2)cc1. The van der Waals surface area contributed by atoms with E-state index in [1.54, 1.807) is 7.11 Å². The van der Waals surface area contributed by atoms with E-state index in [4.69, 9.17) is 4.74 Å². The van der Waals surface area contributed by atoms with Gasteiger partial charge in [0, 0.05) is 12.6 Å². The van der Waals surface area contributed by atoms with Gasteiger partial charge in [0.15, 0.2) is 0 Å². The molecule has 0 radical (unpaired) electrons. The Morgan fingerprint density at radius 1 is 1.10 bits per heavy atom. The predicted molar refractivity (Wildman–Crippen MR) is 83.6 cm³/mol. The van der Waals surface area contributed by atoms with Gasteiger partial charge in [-0.2, -0.15) is 0 Å². The molecule has 1 aliphatic rings. The summed E-state index contributed by atoms with van der Waals surface area (Å²) >= 11 is 0. The van der Waals surface area contributed by atoms with Gasteiger partial charge in [-0.25, -0.2) is 0 Å². The lowest BCUT2D eigenvalue weighted by atomic mass is 10.1. The zero-order chi connectivity index (χ0) is 14.7. The van der Waals surface area contributed by atoms with Crippen LogP contribution in [0.4, 0.5) is 0 Å². The van der Waals surface area contributed by atoms with Crippen LogP contribution in [0, 0.1) is 0 Å². The molecular weight excluding hydrogens is 262 g/mol. The number of hydrogen-bond donors (Lipinski definition) is 2. The van der Waals surface area contributed by atoms with Gasteiger partial charge in [-0.1, -0.05) is 36.4 Å². The first kappa shape index (κ1) is 14.1. The smallest absolute Gasteiger partial charge is 0.118 e. The Morgan fingerprint density at radius 2 is 1.71 bits per heavy atom. The largest absolute Gasteiger partial charge is 0.497 e. The van der Waals surface area contributed by atoms with Crippen LogP contribution < -0.4 is 10.1 Å². The highest BCUT2D eigenvalue weighted by Crippen LogP contribution is 2.22. The molecule has 0 spiro atoms. The molecule has 0 heterocycles. The molecule has 3 nitrogen and oxygen atoms in total. The van der Waals surface area contributed by atoms with Crippen molar-refractivity contribution in [1.82, 2.24) is 5.32 Å². The van der Waals surface area contributed by atoms with Crippen LogP contribution >= 0.6 is 0 Å². The fourth-order valence-corrected chi connectivity index (χ4v) is 2.93. The normalized spacial score (nSPS) is 15.7. The van der Waals surface area contributed by atoms with E-state index in [1.807, 2.05) is 24.3 Å². The van der Waals surface area contributed by atoms with Crippen molar-refractivity contribution in [2.24, 2.45) is 0 Å². The van der Waals surface area contributed by atoms with E-state index in [0.717, 1.165) is 24.2 Å². The standard InChI is InChI=1S/C18H21NO2/c1-21-17-8-6-13(7-9-17)18(20)12-19-16-10-14-4-2-3-5-15(14)11-16/h2-9,16,18-20H,10-12H2,1H3. The molecule has 21 heavy (non-hydrogen) atoms. The average molecular weight is 283 g/mol. The van der Waals surface area contributed by atoms with Gasteiger partial charge >= 0.3 is 0 Å². The maximum Gasteiger partial charge on any atom is 0.118 e. The molecule has 2 aromatic rings. The number of benzene rings is 2. The molecule has 1 aliphatic carbocycles. The quantitative estimate of drug-likeness (QED) is 0.886. The second-order valence-corrected chi connectivity index (χ2v) is 5.57. The number of aliphatic hydroxyl groups excluding tert-OH is 1. The number of hydrogen-bond acceptors (Lipinski definition) is 3. The van der Waals surface area contributed by atoms with Crippen molar-refractivity contribution < 1.29 is 9.84 Å². The predicted octanol–water partition coefficient (Wildman–Crippen LogP) is 2.49. The van der Waals surface area contributed by atoms with Gasteiger partial charge in [0.1, 0.15) is 5.75 Å².